The van der Waals surface area contributed by atoms with Gasteiger partial charge in [-0.05, 0) is 68.4 Å². The van der Waals surface area contributed by atoms with Gasteiger partial charge in [-0.1, -0.05) is 164 Å². The molecule has 0 saturated carbocycles. The molecule has 2 heterocycles. The highest BCUT2D eigenvalue weighted by Crippen LogP contribution is 2.38. The Balaban J connectivity index is 1.04. The molecule has 0 aliphatic rings. The second-order valence-electron chi connectivity index (χ2n) is 13.2. The Morgan fingerprint density at radius 3 is 1.49 bits per heavy atom. The van der Waals surface area contributed by atoms with Crippen molar-refractivity contribution in [2.24, 2.45) is 0 Å². The van der Waals surface area contributed by atoms with Gasteiger partial charge in [-0.25, -0.2) is 15.0 Å². The molecule has 0 atom stereocenters. The third-order valence-corrected chi connectivity index (χ3v) is 9.96. The molecule has 0 N–H and O–H groups in total. The summed E-state index contributed by atoms with van der Waals surface area (Å²) in [6.45, 7) is 0. The monoisotopic (exact) mass is 677 g/mol. The van der Waals surface area contributed by atoms with Crippen LogP contribution in [0.15, 0.2) is 192 Å². The molecule has 0 spiro atoms. The average Bonchev–Trinajstić information content (AvgIpc) is 3.62. The van der Waals surface area contributed by atoms with E-state index >= 15 is 0 Å². The molecule has 0 amide bonds. The molecule has 0 fully saturated rings. The highest BCUT2D eigenvalue weighted by molar-refractivity contribution is 6.12. The summed E-state index contributed by atoms with van der Waals surface area (Å²) in [5.74, 6) is 1.84. The third kappa shape index (κ3) is 5.73. The average molecular weight is 678 g/mol. The van der Waals surface area contributed by atoms with Crippen LogP contribution in [-0.2, 0) is 0 Å². The van der Waals surface area contributed by atoms with Crippen LogP contribution in [-0.4, -0.2) is 15.0 Å². The number of aromatic nitrogens is 3. The number of benzene rings is 8. The summed E-state index contributed by atoms with van der Waals surface area (Å²) in [7, 11) is 0. The second kappa shape index (κ2) is 12.9. The lowest BCUT2D eigenvalue weighted by molar-refractivity contribution is 0.669. The largest absolute Gasteiger partial charge is 0.456 e. The van der Waals surface area contributed by atoms with E-state index in [1.54, 1.807) is 0 Å². The molecule has 0 unspecified atom stereocenters. The van der Waals surface area contributed by atoms with Crippen LogP contribution in [0.1, 0.15) is 0 Å². The fraction of sp³-hybridized carbons (Fsp3) is 0. The first-order valence-electron chi connectivity index (χ1n) is 17.8. The van der Waals surface area contributed by atoms with Gasteiger partial charge in [-0.2, -0.15) is 0 Å². The van der Waals surface area contributed by atoms with Gasteiger partial charge < -0.3 is 4.42 Å². The van der Waals surface area contributed by atoms with Crippen LogP contribution in [0.5, 0.6) is 0 Å². The van der Waals surface area contributed by atoms with Crippen molar-refractivity contribution in [2.75, 3.05) is 0 Å². The van der Waals surface area contributed by atoms with Crippen molar-refractivity contribution in [3.8, 4) is 67.5 Å². The van der Waals surface area contributed by atoms with Gasteiger partial charge in [0.25, 0.3) is 0 Å². The molecule has 10 rings (SSSR count). The maximum absolute atomic E-state index is 6.52. The van der Waals surface area contributed by atoms with Gasteiger partial charge in [0.15, 0.2) is 17.5 Å². The first-order chi connectivity index (χ1) is 26.2. The van der Waals surface area contributed by atoms with Gasteiger partial charge in [-0.3, -0.25) is 0 Å². The molecule has 53 heavy (non-hydrogen) atoms. The lowest BCUT2D eigenvalue weighted by Crippen LogP contribution is -2.00. The molecule has 0 aliphatic heterocycles. The smallest absolute Gasteiger partial charge is 0.164 e. The maximum atomic E-state index is 6.52. The molecule has 0 bridgehead atoms. The van der Waals surface area contributed by atoms with Gasteiger partial charge in [0.05, 0.1) is 0 Å². The van der Waals surface area contributed by atoms with E-state index in [0.29, 0.717) is 17.5 Å². The molecular formula is C49H31N3O. The molecule has 248 valence electrons. The fourth-order valence-corrected chi connectivity index (χ4v) is 7.20. The number of fused-ring (bicyclic) bond motifs is 4. The highest BCUT2D eigenvalue weighted by Gasteiger charge is 2.18. The molecule has 0 radical (unpaired) electrons. The summed E-state index contributed by atoms with van der Waals surface area (Å²) in [5, 5.41) is 4.49. The zero-order valence-electron chi connectivity index (χ0n) is 28.6. The Labute approximate surface area is 306 Å². The van der Waals surface area contributed by atoms with Crippen LogP contribution in [0.4, 0.5) is 0 Å². The molecule has 0 aliphatic carbocycles. The minimum absolute atomic E-state index is 0.600. The zero-order valence-corrected chi connectivity index (χ0v) is 28.6. The van der Waals surface area contributed by atoms with Crippen molar-refractivity contribution < 1.29 is 4.42 Å². The van der Waals surface area contributed by atoms with E-state index in [9.17, 15) is 0 Å². The Hall–Kier alpha value is -7.17. The van der Waals surface area contributed by atoms with Crippen molar-refractivity contribution in [3.05, 3.63) is 188 Å². The van der Waals surface area contributed by atoms with E-state index in [2.05, 4.69) is 140 Å². The van der Waals surface area contributed by atoms with Crippen molar-refractivity contribution >= 4 is 32.7 Å². The topological polar surface area (TPSA) is 51.8 Å². The van der Waals surface area contributed by atoms with E-state index < -0.39 is 0 Å². The van der Waals surface area contributed by atoms with Gasteiger partial charge >= 0.3 is 0 Å². The van der Waals surface area contributed by atoms with Crippen LogP contribution >= 0.6 is 0 Å². The Morgan fingerprint density at radius 1 is 0.302 bits per heavy atom. The minimum atomic E-state index is 0.600. The van der Waals surface area contributed by atoms with Gasteiger partial charge in [-0.15, -0.1) is 0 Å². The van der Waals surface area contributed by atoms with Crippen molar-refractivity contribution in [3.63, 3.8) is 0 Å². The lowest BCUT2D eigenvalue weighted by atomic mass is 9.97. The standard InChI is InChI=1S/C49H31N3O/c1-3-10-32(11-4-1)34-22-25-38(26-23-34)48-50-47(37-13-5-2-6-14-37)51-49(52-48)43-16-9-17-44-46(43)42-29-28-41(31-45(42)53-44)36-20-18-35(19-21-36)40-27-24-33-12-7-8-15-39(33)30-40/h1-31H. The van der Waals surface area contributed by atoms with Gasteiger partial charge in [0.1, 0.15) is 11.2 Å². The summed E-state index contributed by atoms with van der Waals surface area (Å²) in [4.78, 5) is 15.1. The van der Waals surface area contributed by atoms with E-state index in [1.807, 2.05) is 48.5 Å². The SMILES string of the molecule is c1ccc(-c2ccc(-c3nc(-c4ccccc4)nc(-c4cccc5oc6cc(-c7ccc(-c8ccc9ccccc9c8)cc7)ccc6c45)n3)cc2)cc1. The Kier molecular flexibility index (Phi) is 7.43. The van der Waals surface area contributed by atoms with Crippen molar-refractivity contribution in [2.45, 2.75) is 0 Å². The van der Waals surface area contributed by atoms with Gasteiger partial charge in [0, 0.05) is 27.5 Å². The number of rotatable bonds is 6. The number of hydrogen-bond donors (Lipinski definition) is 0. The third-order valence-electron chi connectivity index (χ3n) is 9.96. The lowest BCUT2D eigenvalue weighted by Gasteiger charge is -2.10. The van der Waals surface area contributed by atoms with E-state index in [4.69, 9.17) is 19.4 Å². The predicted octanol–water partition coefficient (Wildman–Crippen LogP) is 12.9. The van der Waals surface area contributed by atoms with Crippen molar-refractivity contribution in [1.29, 1.82) is 0 Å². The second-order valence-corrected chi connectivity index (χ2v) is 13.2. The summed E-state index contributed by atoms with van der Waals surface area (Å²) in [5.41, 5.74) is 11.3. The molecule has 8 aromatic carbocycles. The summed E-state index contributed by atoms with van der Waals surface area (Å²) in [6, 6.07) is 65.3. The maximum Gasteiger partial charge on any atom is 0.164 e. The number of hydrogen-bond acceptors (Lipinski definition) is 4. The predicted molar refractivity (Wildman–Crippen MR) is 217 cm³/mol. The Bertz CT molecular complexity index is 2910. The normalized spacial score (nSPS) is 11.4. The van der Waals surface area contributed by atoms with Crippen LogP contribution < -0.4 is 0 Å². The summed E-state index contributed by atoms with van der Waals surface area (Å²) >= 11 is 0. The quantitative estimate of drug-likeness (QED) is 0.176. The van der Waals surface area contributed by atoms with Gasteiger partial charge in [0.2, 0.25) is 0 Å². The van der Waals surface area contributed by atoms with E-state index in [1.165, 1.54) is 27.5 Å². The summed E-state index contributed by atoms with van der Waals surface area (Å²) < 4.78 is 6.52. The molecule has 4 heteroatoms. The molecule has 4 nitrogen and oxygen atoms in total. The minimum Gasteiger partial charge on any atom is -0.456 e. The zero-order chi connectivity index (χ0) is 35.1. The first kappa shape index (κ1) is 30.6. The fourth-order valence-electron chi connectivity index (χ4n) is 7.20. The van der Waals surface area contributed by atoms with E-state index in [-0.39, 0.29) is 0 Å². The molecular weight excluding hydrogens is 647 g/mol. The molecule has 2 aromatic heterocycles. The van der Waals surface area contributed by atoms with Crippen LogP contribution in [0.3, 0.4) is 0 Å². The summed E-state index contributed by atoms with van der Waals surface area (Å²) in [6.07, 6.45) is 0. The first-order valence-corrected chi connectivity index (χ1v) is 17.8. The van der Waals surface area contributed by atoms with Crippen molar-refractivity contribution in [1.82, 2.24) is 15.0 Å². The Morgan fingerprint density at radius 2 is 0.792 bits per heavy atom. The van der Waals surface area contributed by atoms with Crippen LogP contribution in [0, 0.1) is 0 Å². The van der Waals surface area contributed by atoms with Crippen LogP contribution in [0.25, 0.3) is 100 Å². The number of nitrogens with zero attached hydrogens (tertiary/aromatic N) is 3. The van der Waals surface area contributed by atoms with E-state index in [0.717, 1.165) is 55.3 Å². The molecule has 0 saturated heterocycles. The molecule has 10 aromatic rings. The number of furan rings is 1. The highest BCUT2D eigenvalue weighted by atomic mass is 16.3. The van der Waals surface area contributed by atoms with Crippen LogP contribution in [0.2, 0.25) is 0 Å².